The molecule has 0 amide bonds. The van der Waals surface area contributed by atoms with Crippen LogP contribution < -0.4 is 0 Å². The van der Waals surface area contributed by atoms with E-state index in [9.17, 15) is 0 Å². The lowest BCUT2D eigenvalue weighted by Gasteiger charge is -1.88. The van der Waals surface area contributed by atoms with Gasteiger partial charge in [-0.05, 0) is 32.4 Å². The third-order valence-corrected chi connectivity index (χ3v) is 1.47. The maximum absolute atomic E-state index is 4.27. The van der Waals surface area contributed by atoms with Gasteiger partial charge in [0.15, 0.2) is 0 Å². The van der Waals surface area contributed by atoms with Crippen molar-refractivity contribution in [3.63, 3.8) is 0 Å². The van der Waals surface area contributed by atoms with Crippen molar-refractivity contribution in [2.75, 3.05) is 6.54 Å². The predicted molar refractivity (Wildman–Crippen MR) is 63.7 cm³/mol. The first-order chi connectivity index (χ1) is 6.41. The molecule has 0 saturated heterocycles. The molecule has 0 radical (unpaired) electrons. The van der Waals surface area contributed by atoms with Crippen LogP contribution in [0.5, 0.6) is 0 Å². The molecule has 1 heteroatoms. The van der Waals surface area contributed by atoms with Crippen LogP contribution in [0.25, 0.3) is 0 Å². The van der Waals surface area contributed by atoms with Crippen LogP contribution in [-0.4, -0.2) is 12.8 Å². The standard InChI is InChI=1S/C10H19N.C2H6/c1-3-5-7-8-10-11-9-6-4-2;1-2/h3,5,10H,4,6-9H2,1-2H3;1-2H3/b5-3-,11-10?;. The largest absolute Gasteiger partial charge is 0.298 e. The molecule has 0 heterocycles. The Balaban J connectivity index is 0. The maximum Gasteiger partial charge on any atom is 0.0385 e. The van der Waals surface area contributed by atoms with Crippen molar-refractivity contribution < 1.29 is 0 Å². The van der Waals surface area contributed by atoms with Gasteiger partial charge in [0.1, 0.15) is 0 Å². The van der Waals surface area contributed by atoms with Crippen molar-refractivity contribution in [1.29, 1.82) is 0 Å². The van der Waals surface area contributed by atoms with Gasteiger partial charge < -0.3 is 0 Å². The zero-order valence-electron chi connectivity index (χ0n) is 9.71. The van der Waals surface area contributed by atoms with E-state index in [-0.39, 0.29) is 0 Å². The van der Waals surface area contributed by atoms with E-state index in [1.807, 2.05) is 27.0 Å². The highest BCUT2D eigenvalue weighted by molar-refractivity contribution is 5.57. The second-order valence-corrected chi connectivity index (χ2v) is 2.59. The third-order valence-electron chi connectivity index (χ3n) is 1.47. The van der Waals surface area contributed by atoms with Crippen LogP contribution >= 0.6 is 0 Å². The number of nitrogens with zero attached hydrogens (tertiary/aromatic N) is 1. The van der Waals surface area contributed by atoms with E-state index in [1.54, 1.807) is 0 Å². The second-order valence-electron chi connectivity index (χ2n) is 2.59. The van der Waals surface area contributed by atoms with Crippen LogP contribution in [0.4, 0.5) is 0 Å². The molecular weight excluding hydrogens is 158 g/mol. The Morgan fingerprint density at radius 3 is 2.38 bits per heavy atom. The molecule has 0 spiro atoms. The third kappa shape index (κ3) is 18.4. The van der Waals surface area contributed by atoms with E-state index < -0.39 is 0 Å². The Hall–Kier alpha value is -0.590. The predicted octanol–water partition coefficient (Wildman–Crippen LogP) is 4.24. The molecule has 0 saturated carbocycles. The minimum atomic E-state index is 1.01. The summed E-state index contributed by atoms with van der Waals surface area (Å²) in [6.07, 6.45) is 11.0. The molecule has 0 aromatic heterocycles. The van der Waals surface area contributed by atoms with Crippen molar-refractivity contribution >= 4 is 6.21 Å². The lowest BCUT2D eigenvalue weighted by atomic mass is 10.3. The first-order valence-electron chi connectivity index (χ1n) is 5.51. The molecular formula is C12H25N. The highest BCUT2D eigenvalue weighted by Gasteiger charge is 1.78. The zero-order valence-corrected chi connectivity index (χ0v) is 9.71. The summed E-state index contributed by atoms with van der Waals surface area (Å²) in [5.41, 5.74) is 0. The first kappa shape index (κ1) is 14.9. The summed E-state index contributed by atoms with van der Waals surface area (Å²) in [5.74, 6) is 0. The Kier molecular flexibility index (Phi) is 20.0. The van der Waals surface area contributed by atoms with E-state index in [2.05, 4.69) is 24.1 Å². The fourth-order valence-corrected chi connectivity index (χ4v) is 0.769. The van der Waals surface area contributed by atoms with Crippen molar-refractivity contribution in [3.05, 3.63) is 12.2 Å². The summed E-state index contributed by atoms with van der Waals surface area (Å²) >= 11 is 0. The Bertz CT molecular complexity index is 114. The van der Waals surface area contributed by atoms with Crippen molar-refractivity contribution in [2.45, 2.75) is 53.4 Å². The molecule has 0 aromatic rings. The van der Waals surface area contributed by atoms with E-state index in [4.69, 9.17) is 0 Å². The Morgan fingerprint density at radius 1 is 1.15 bits per heavy atom. The van der Waals surface area contributed by atoms with E-state index in [0.29, 0.717) is 0 Å². The first-order valence-corrected chi connectivity index (χ1v) is 5.51. The fourth-order valence-electron chi connectivity index (χ4n) is 0.769. The molecule has 0 aliphatic carbocycles. The van der Waals surface area contributed by atoms with Crippen LogP contribution in [0.3, 0.4) is 0 Å². The van der Waals surface area contributed by atoms with Gasteiger partial charge in [-0.25, -0.2) is 0 Å². The SMILES string of the molecule is C/C=C\CCC=NCCCC.CC. The molecule has 0 unspecified atom stereocenters. The smallest absolute Gasteiger partial charge is 0.0385 e. The molecule has 0 aliphatic heterocycles. The van der Waals surface area contributed by atoms with Crippen molar-refractivity contribution in [1.82, 2.24) is 0 Å². The van der Waals surface area contributed by atoms with Crippen LogP contribution in [-0.2, 0) is 0 Å². The number of hydrogen-bond donors (Lipinski definition) is 0. The van der Waals surface area contributed by atoms with Gasteiger partial charge in [0.25, 0.3) is 0 Å². The number of hydrogen-bond acceptors (Lipinski definition) is 1. The van der Waals surface area contributed by atoms with E-state index in [1.165, 1.54) is 12.8 Å². The summed E-state index contributed by atoms with van der Waals surface area (Å²) in [6, 6.07) is 0. The lowest BCUT2D eigenvalue weighted by molar-refractivity contribution is 0.808. The number of allylic oxidation sites excluding steroid dienone is 2. The Morgan fingerprint density at radius 2 is 1.85 bits per heavy atom. The van der Waals surface area contributed by atoms with Crippen molar-refractivity contribution in [2.24, 2.45) is 4.99 Å². The van der Waals surface area contributed by atoms with Crippen molar-refractivity contribution in [3.8, 4) is 0 Å². The average molecular weight is 183 g/mol. The van der Waals surface area contributed by atoms with Gasteiger partial charge in [0.05, 0.1) is 0 Å². The summed E-state index contributed by atoms with van der Waals surface area (Å²) in [7, 11) is 0. The van der Waals surface area contributed by atoms with Gasteiger partial charge in [-0.1, -0.05) is 39.3 Å². The van der Waals surface area contributed by atoms with Gasteiger partial charge >= 0.3 is 0 Å². The van der Waals surface area contributed by atoms with Crippen LogP contribution in [0, 0.1) is 0 Å². The normalized spacial score (nSPS) is 10.5. The summed E-state index contributed by atoms with van der Waals surface area (Å²) in [5, 5.41) is 0. The highest BCUT2D eigenvalue weighted by atomic mass is 14.7. The summed E-state index contributed by atoms with van der Waals surface area (Å²) in [6.45, 7) is 9.25. The molecule has 78 valence electrons. The topological polar surface area (TPSA) is 12.4 Å². The van der Waals surface area contributed by atoms with Crippen LogP contribution in [0.15, 0.2) is 17.1 Å². The average Bonchev–Trinajstić information content (AvgIpc) is 2.20. The van der Waals surface area contributed by atoms with E-state index >= 15 is 0 Å². The van der Waals surface area contributed by atoms with Crippen LogP contribution in [0.1, 0.15) is 53.4 Å². The van der Waals surface area contributed by atoms with E-state index in [0.717, 1.165) is 19.4 Å². The molecule has 0 atom stereocenters. The minimum absolute atomic E-state index is 1.01. The minimum Gasteiger partial charge on any atom is -0.298 e. The molecule has 0 N–H and O–H groups in total. The lowest BCUT2D eigenvalue weighted by Crippen LogP contribution is -1.80. The molecule has 0 fully saturated rings. The molecule has 0 bridgehead atoms. The van der Waals surface area contributed by atoms with Gasteiger partial charge in [0.2, 0.25) is 0 Å². The molecule has 0 aliphatic rings. The molecule has 0 rings (SSSR count). The summed E-state index contributed by atoms with van der Waals surface area (Å²) < 4.78 is 0. The highest BCUT2D eigenvalue weighted by Crippen LogP contribution is 1.89. The maximum atomic E-state index is 4.27. The Labute approximate surface area is 84.0 Å². The quantitative estimate of drug-likeness (QED) is 0.332. The second kappa shape index (κ2) is 17.5. The summed E-state index contributed by atoms with van der Waals surface area (Å²) in [4.78, 5) is 4.27. The monoisotopic (exact) mass is 183 g/mol. The van der Waals surface area contributed by atoms with Gasteiger partial charge in [-0.15, -0.1) is 0 Å². The number of rotatable bonds is 6. The van der Waals surface area contributed by atoms with Gasteiger partial charge in [0, 0.05) is 6.54 Å². The van der Waals surface area contributed by atoms with Gasteiger partial charge in [-0.3, -0.25) is 4.99 Å². The van der Waals surface area contributed by atoms with Gasteiger partial charge in [-0.2, -0.15) is 0 Å². The molecule has 0 aromatic carbocycles. The number of aliphatic imine (C=N–C) groups is 1. The molecule has 13 heavy (non-hydrogen) atoms. The molecule has 1 nitrogen and oxygen atoms in total. The number of unbranched alkanes of at least 4 members (excludes halogenated alkanes) is 2. The zero-order chi connectivity index (χ0) is 10.4. The fraction of sp³-hybridized carbons (Fsp3) is 0.750. The van der Waals surface area contributed by atoms with Crippen LogP contribution in [0.2, 0.25) is 0 Å².